The Kier molecular flexibility index (Phi) is 49.4. The van der Waals surface area contributed by atoms with E-state index >= 15 is 0 Å². The molecule has 0 radical (unpaired) electrons. The number of carbonyl (C=O) groups is 1. The number of rotatable bonds is 49. The molecular formula is C56H108O2. The highest BCUT2D eigenvalue weighted by atomic mass is 16.5. The lowest BCUT2D eigenvalue weighted by Crippen LogP contribution is -2.25. The van der Waals surface area contributed by atoms with Crippen LogP contribution < -0.4 is 0 Å². The fourth-order valence-electron chi connectivity index (χ4n) is 8.66. The monoisotopic (exact) mass is 813 g/mol. The van der Waals surface area contributed by atoms with Gasteiger partial charge in [-0.2, -0.15) is 0 Å². The Labute approximate surface area is 367 Å². The number of allylic oxidation sites excluding steroid dienone is 4. The third kappa shape index (κ3) is 44.5. The van der Waals surface area contributed by atoms with Gasteiger partial charge in [0, 0.05) is 0 Å². The summed E-state index contributed by atoms with van der Waals surface area (Å²) in [7, 11) is 0. The topological polar surface area (TPSA) is 26.3 Å². The third-order valence-electron chi connectivity index (χ3n) is 12.8. The minimum Gasteiger partial charge on any atom is -0.462 e. The van der Waals surface area contributed by atoms with Crippen molar-refractivity contribution in [2.24, 2.45) is 5.92 Å². The summed E-state index contributed by atoms with van der Waals surface area (Å²) in [4.78, 5) is 13.9. The lowest BCUT2D eigenvalue weighted by Gasteiger charge is -2.22. The van der Waals surface area contributed by atoms with E-state index in [-0.39, 0.29) is 18.0 Å². The van der Waals surface area contributed by atoms with Gasteiger partial charge in [-0.1, -0.05) is 251 Å². The van der Waals surface area contributed by atoms with Crippen LogP contribution in [0.25, 0.3) is 0 Å². The molecule has 0 spiro atoms. The summed E-state index contributed by atoms with van der Waals surface area (Å²) < 4.78 is 6.51. The number of hydrogen-bond acceptors (Lipinski definition) is 2. The number of ether oxygens (including phenoxy) is 1. The van der Waals surface area contributed by atoms with Crippen molar-refractivity contribution in [2.75, 3.05) is 0 Å². The maximum atomic E-state index is 13.9. The molecule has 58 heavy (non-hydrogen) atoms. The van der Waals surface area contributed by atoms with Crippen LogP contribution in [0.3, 0.4) is 0 Å². The van der Waals surface area contributed by atoms with E-state index in [0.29, 0.717) is 0 Å². The molecule has 0 aromatic rings. The molecule has 2 nitrogen and oxygen atoms in total. The van der Waals surface area contributed by atoms with Gasteiger partial charge in [0.05, 0.1) is 5.92 Å². The molecule has 0 rings (SSSR count). The molecule has 0 fully saturated rings. The molecule has 0 bridgehead atoms. The number of hydrogen-bond donors (Lipinski definition) is 0. The number of unbranched alkanes of at least 4 members (excludes halogenated alkanes) is 35. The second-order valence-corrected chi connectivity index (χ2v) is 18.7. The summed E-state index contributed by atoms with van der Waals surface area (Å²) in [6, 6.07) is 0. The summed E-state index contributed by atoms with van der Waals surface area (Å²) in [6.45, 7) is 9.19. The van der Waals surface area contributed by atoms with Crippen LogP contribution in [0, 0.1) is 5.92 Å². The molecule has 0 aliphatic rings. The predicted octanol–water partition coefficient (Wildman–Crippen LogP) is 20.3. The van der Waals surface area contributed by atoms with E-state index in [9.17, 15) is 4.79 Å². The Morgan fingerprint density at radius 2 is 0.534 bits per heavy atom. The van der Waals surface area contributed by atoms with Crippen LogP contribution in [0.15, 0.2) is 24.3 Å². The molecule has 0 aromatic heterocycles. The second kappa shape index (κ2) is 50.3. The molecule has 0 saturated heterocycles. The van der Waals surface area contributed by atoms with E-state index < -0.39 is 0 Å². The molecule has 2 atom stereocenters. The van der Waals surface area contributed by atoms with Crippen LogP contribution >= 0.6 is 0 Å². The fourth-order valence-corrected chi connectivity index (χ4v) is 8.66. The summed E-state index contributed by atoms with van der Waals surface area (Å²) in [6.07, 6.45) is 68.5. The minimum atomic E-state index is 0.101. The zero-order valence-corrected chi connectivity index (χ0v) is 40.6. The first-order valence-corrected chi connectivity index (χ1v) is 27.2. The smallest absolute Gasteiger partial charge is 0.309 e. The molecule has 0 amide bonds. The van der Waals surface area contributed by atoms with Crippen LogP contribution in [-0.4, -0.2) is 12.1 Å². The molecule has 0 saturated carbocycles. The van der Waals surface area contributed by atoms with Crippen LogP contribution in [-0.2, 0) is 9.53 Å². The Bertz CT molecular complexity index is 828. The Balaban J connectivity index is 4.79. The van der Waals surface area contributed by atoms with E-state index in [2.05, 4.69) is 52.0 Å². The molecule has 0 aromatic carbocycles. The van der Waals surface area contributed by atoms with Crippen LogP contribution in [0.2, 0.25) is 0 Å². The van der Waals surface area contributed by atoms with Gasteiger partial charge in [0.25, 0.3) is 0 Å². The first kappa shape index (κ1) is 57.0. The summed E-state index contributed by atoms with van der Waals surface area (Å²) in [5.41, 5.74) is 0. The van der Waals surface area contributed by atoms with Gasteiger partial charge in [-0.25, -0.2) is 0 Å². The van der Waals surface area contributed by atoms with Crippen LogP contribution in [0.5, 0.6) is 0 Å². The second-order valence-electron chi connectivity index (χ2n) is 18.7. The van der Waals surface area contributed by atoms with Gasteiger partial charge in [0.2, 0.25) is 0 Å². The average molecular weight is 813 g/mol. The normalized spacial score (nSPS) is 13.0. The summed E-state index contributed by atoms with van der Waals surface area (Å²) in [5.74, 6) is 0.251. The van der Waals surface area contributed by atoms with Gasteiger partial charge in [-0.3, -0.25) is 4.79 Å². The standard InChI is InChI=1S/C56H108O2/c1-5-9-13-17-21-24-26-28-30-31-33-35-38-40-43-47-51-54(50-46-42-39-37-34-32-29-27-25-22-18-14-10-6-2)56(57)58-55(52-48-44-20-16-12-8-4)53-49-45-41-36-23-19-15-11-7-3/h28-30,32,54-55H,5-27,31,33-53H2,1-4H3/b30-28-,32-29-. The molecule has 344 valence electrons. The Morgan fingerprint density at radius 3 is 0.810 bits per heavy atom. The first-order chi connectivity index (χ1) is 28.7. The highest BCUT2D eigenvalue weighted by Gasteiger charge is 2.23. The molecule has 2 heteroatoms. The molecule has 0 aliphatic carbocycles. The fraction of sp³-hybridized carbons (Fsp3) is 0.911. The lowest BCUT2D eigenvalue weighted by molar-refractivity contribution is -0.155. The summed E-state index contributed by atoms with van der Waals surface area (Å²) >= 11 is 0. The van der Waals surface area contributed by atoms with E-state index in [1.165, 1.54) is 263 Å². The molecule has 2 unspecified atom stereocenters. The van der Waals surface area contributed by atoms with Crippen molar-refractivity contribution >= 4 is 5.97 Å². The highest BCUT2D eigenvalue weighted by Crippen LogP contribution is 2.24. The maximum absolute atomic E-state index is 13.9. The first-order valence-electron chi connectivity index (χ1n) is 27.2. The number of carbonyl (C=O) groups excluding carboxylic acids is 1. The molecule has 0 aliphatic heterocycles. The van der Waals surface area contributed by atoms with Crippen molar-refractivity contribution in [3.05, 3.63) is 24.3 Å². The average Bonchev–Trinajstić information content (AvgIpc) is 3.23. The predicted molar refractivity (Wildman–Crippen MR) is 262 cm³/mol. The maximum Gasteiger partial charge on any atom is 0.309 e. The Hall–Kier alpha value is -1.05. The third-order valence-corrected chi connectivity index (χ3v) is 12.8. The Morgan fingerprint density at radius 1 is 0.310 bits per heavy atom. The van der Waals surface area contributed by atoms with Gasteiger partial charge in [0.1, 0.15) is 6.10 Å². The highest BCUT2D eigenvalue weighted by molar-refractivity contribution is 5.72. The van der Waals surface area contributed by atoms with E-state index in [4.69, 9.17) is 4.74 Å². The molecule has 0 heterocycles. The van der Waals surface area contributed by atoms with Crippen molar-refractivity contribution in [3.63, 3.8) is 0 Å². The van der Waals surface area contributed by atoms with Crippen molar-refractivity contribution in [1.29, 1.82) is 0 Å². The van der Waals surface area contributed by atoms with Crippen molar-refractivity contribution < 1.29 is 9.53 Å². The van der Waals surface area contributed by atoms with Crippen molar-refractivity contribution in [3.8, 4) is 0 Å². The van der Waals surface area contributed by atoms with Crippen molar-refractivity contribution in [1.82, 2.24) is 0 Å². The zero-order chi connectivity index (χ0) is 42.1. The SMILES string of the molecule is CCCCCCCC/C=C\CCCCCCCCC(CCCCCC/C=C\CCCCCCCC)C(=O)OC(CCCCCCCC)CCCCCCCCCCC. The van der Waals surface area contributed by atoms with Gasteiger partial charge in [-0.05, 0) is 89.9 Å². The summed E-state index contributed by atoms with van der Waals surface area (Å²) in [5, 5.41) is 0. The molecular weight excluding hydrogens is 705 g/mol. The van der Waals surface area contributed by atoms with Gasteiger partial charge >= 0.3 is 5.97 Å². The van der Waals surface area contributed by atoms with Crippen molar-refractivity contribution in [2.45, 2.75) is 323 Å². The van der Waals surface area contributed by atoms with E-state index in [1.807, 2.05) is 0 Å². The number of esters is 1. The molecule has 0 N–H and O–H groups in total. The quantitative estimate of drug-likeness (QED) is 0.0347. The largest absolute Gasteiger partial charge is 0.462 e. The van der Waals surface area contributed by atoms with E-state index in [1.54, 1.807) is 0 Å². The zero-order valence-electron chi connectivity index (χ0n) is 40.6. The lowest BCUT2D eigenvalue weighted by atomic mass is 9.93. The van der Waals surface area contributed by atoms with Crippen LogP contribution in [0.1, 0.15) is 317 Å². The minimum absolute atomic E-state index is 0.101. The van der Waals surface area contributed by atoms with Gasteiger partial charge in [-0.15, -0.1) is 0 Å². The van der Waals surface area contributed by atoms with Gasteiger partial charge < -0.3 is 4.74 Å². The van der Waals surface area contributed by atoms with Gasteiger partial charge in [0.15, 0.2) is 0 Å². The van der Waals surface area contributed by atoms with Crippen LogP contribution in [0.4, 0.5) is 0 Å². The van der Waals surface area contributed by atoms with E-state index in [0.717, 1.165) is 25.7 Å².